The standard InChI is InChI=1S/C13H14N4OS2/c1-13(2)4-7-8(5-18-13)20-11-9(7)10-15-16-12(19-3)17(10)6-14-11/h6H,4-5H2,1-3H3. The Morgan fingerprint density at radius 3 is 3.05 bits per heavy atom. The highest BCUT2D eigenvalue weighted by molar-refractivity contribution is 7.98. The van der Waals surface area contributed by atoms with Crippen LogP contribution < -0.4 is 0 Å². The van der Waals surface area contributed by atoms with Gasteiger partial charge in [-0.05, 0) is 25.7 Å². The lowest BCUT2D eigenvalue weighted by atomic mass is 9.94. The predicted octanol–water partition coefficient (Wildman–Crippen LogP) is 2.91. The van der Waals surface area contributed by atoms with Gasteiger partial charge in [-0.3, -0.25) is 4.40 Å². The molecule has 0 aliphatic carbocycles. The number of rotatable bonds is 1. The Morgan fingerprint density at radius 2 is 2.25 bits per heavy atom. The summed E-state index contributed by atoms with van der Waals surface area (Å²) in [4.78, 5) is 6.88. The summed E-state index contributed by atoms with van der Waals surface area (Å²) in [6, 6.07) is 0. The number of thioether (sulfide) groups is 1. The van der Waals surface area contributed by atoms with Crippen LogP contribution in [0.15, 0.2) is 11.5 Å². The van der Waals surface area contributed by atoms with Gasteiger partial charge in [-0.2, -0.15) is 0 Å². The Bertz CT molecular complexity index is 821. The van der Waals surface area contributed by atoms with E-state index in [4.69, 9.17) is 4.74 Å². The van der Waals surface area contributed by atoms with Gasteiger partial charge in [0.05, 0.1) is 17.6 Å². The molecule has 20 heavy (non-hydrogen) atoms. The Labute approximate surface area is 124 Å². The zero-order valence-electron chi connectivity index (χ0n) is 11.5. The molecule has 0 saturated carbocycles. The summed E-state index contributed by atoms with van der Waals surface area (Å²) in [5, 5.41) is 10.6. The van der Waals surface area contributed by atoms with Gasteiger partial charge in [0.2, 0.25) is 0 Å². The van der Waals surface area contributed by atoms with Crippen molar-refractivity contribution in [3.8, 4) is 0 Å². The van der Waals surface area contributed by atoms with E-state index in [0.717, 1.165) is 27.4 Å². The van der Waals surface area contributed by atoms with Crippen molar-refractivity contribution in [2.24, 2.45) is 0 Å². The molecule has 5 nitrogen and oxygen atoms in total. The van der Waals surface area contributed by atoms with Crippen molar-refractivity contribution in [1.29, 1.82) is 0 Å². The van der Waals surface area contributed by atoms with E-state index in [1.54, 1.807) is 23.1 Å². The predicted molar refractivity (Wildman–Crippen MR) is 80.5 cm³/mol. The molecule has 0 amide bonds. The molecule has 0 atom stereocenters. The molecule has 0 aromatic carbocycles. The molecule has 3 aromatic rings. The van der Waals surface area contributed by atoms with Crippen molar-refractivity contribution in [1.82, 2.24) is 19.6 Å². The molecule has 1 aliphatic heterocycles. The molecule has 1 aliphatic rings. The fourth-order valence-corrected chi connectivity index (χ4v) is 4.18. The first kappa shape index (κ1) is 12.6. The van der Waals surface area contributed by atoms with Gasteiger partial charge in [0.1, 0.15) is 11.2 Å². The quantitative estimate of drug-likeness (QED) is 0.647. The van der Waals surface area contributed by atoms with Crippen LogP contribution in [0.1, 0.15) is 24.3 Å². The summed E-state index contributed by atoms with van der Waals surface area (Å²) in [6.45, 7) is 4.92. The summed E-state index contributed by atoms with van der Waals surface area (Å²) < 4.78 is 7.87. The average molecular weight is 306 g/mol. The molecule has 0 saturated heterocycles. The minimum atomic E-state index is -0.129. The Balaban J connectivity index is 2.06. The first-order valence-corrected chi connectivity index (χ1v) is 8.45. The van der Waals surface area contributed by atoms with Gasteiger partial charge >= 0.3 is 0 Å². The number of fused-ring (bicyclic) bond motifs is 5. The average Bonchev–Trinajstić information content (AvgIpc) is 2.97. The van der Waals surface area contributed by atoms with Crippen LogP contribution in [-0.4, -0.2) is 31.4 Å². The van der Waals surface area contributed by atoms with Gasteiger partial charge < -0.3 is 4.74 Å². The van der Waals surface area contributed by atoms with E-state index in [9.17, 15) is 0 Å². The second-order valence-corrected chi connectivity index (χ2v) is 7.39. The van der Waals surface area contributed by atoms with E-state index in [1.807, 2.05) is 17.0 Å². The van der Waals surface area contributed by atoms with E-state index in [1.165, 1.54) is 10.4 Å². The normalized spacial score (nSPS) is 17.8. The maximum absolute atomic E-state index is 5.90. The lowest BCUT2D eigenvalue weighted by molar-refractivity contribution is -0.0379. The van der Waals surface area contributed by atoms with E-state index in [2.05, 4.69) is 29.0 Å². The molecule has 4 heterocycles. The molecule has 0 spiro atoms. The number of thiophene rings is 1. The third kappa shape index (κ3) is 1.70. The molecule has 104 valence electrons. The van der Waals surface area contributed by atoms with Gasteiger partial charge in [-0.15, -0.1) is 21.5 Å². The zero-order valence-corrected chi connectivity index (χ0v) is 13.1. The summed E-state index contributed by atoms with van der Waals surface area (Å²) >= 11 is 3.29. The smallest absolute Gasteiger partial charge is 0.196 e. The van der Waals surface area contributed by atoms with Crippen LogP contribution in [0.5, 0.6) is 0 Å². The van der Waals surface area contributed by atoms with Crippen LogP contribution in [0.4, 0.5) is 0 Å². The minimum absolute atomic E-state index is 0.129. The minimum Gasteiger partial charge on any atom is -0.370 e. The highest BCUT2D eigenvalue weighted by Gasteiger charge is 2.30. The van der Waals surface area contributed by atoms with Crippen LogP contribution in [0, 0.1) is 0 Å². The number of aromatic nitrogens is 4. The molecular weight excluding hydrogens is 292 g/mol. The van der Waals surface area contributed by atoms with Crippen LogP contribution >= 0.6 is 23.1 Å². The third-order valence-electron chi connectivity index (χ3n) is 3.63. The first-order valence-electron chi connectivity index (χ1n) is 6.41. The highest BCUT2D eigenvalue weighted by Crippen LogP contribution is 2.39. The third-order valence-corrected chi connectivity index (χ3v) is 5.39. The van der Waals surface area contributed by atoms with E-state index in [-0.39, 0.29) is 5.60 Å². The second-order valence-electron chi connectivity index (χ2n) is 5.53. The Kier molecular flexibility index (Phi) is 2.61. The molecule has 3 aromatic heterocycles. The molecule has 0 unspecified atom stereocenters. The summed E-state index contributed by atoms with van der Waals surface area (Å²) in [6.07, 6.45) is 4.71. The molecule has 4 rings (SSSR count). The molecule has 0 bridgehead atoms. The van der Waals surface area contributed by atoms with Crippen LogP contribution in [0.25, 0.3) is 15.9 Å². The molecular formula is C13H14N4OS2. The summed E-state index contributed by atoms with van der Waals surface area (Å²) in [5.74, 6) is 0. The number of nitrogens with zero attached hydrogens (tertiary/aromatic N) is 4. The zero-order chi connectivity index (χ0) is 13.9. The molecule has 0 fully saturated rings. The lowest BCUT2D eigenvalue weighted by Crippen LogP contribution is -2.31. The monoisotopic (exact) mass is 306 g/mol. The van der Waals surface area contributed by atoms with Crippen LogP contribution in [-0.2, 0) is 17.8 Å². The van der Waals surface area contributed by atoms with E-state index in [0.29, 0.717) is 6.61 Å². The van der Waals surface area contributed by atoms with Crippen molar-refractivity contribution < 1.29 is 4.74 Å². The van der Waals surface area contributed by atoms with Crippen molar-refractivity contribution in [3.63, 3.8) is 0 Å². The molecule has 0 radical (unpaired) electrons. The van der Waals surface area contributed by atoms with Gasteiger partial charge in [0.15, 0.2) is 10.8 Å². The van der Waals surface area contributed by atoms with Crippen molar-refractivity contribution in [3.05, 3.63) is 16.8 Å². The first-order chi connectivity index (χ1) is 9.59. The second kappa shape index (κ2) is 4.16. The fraction of sp³-hybridized carbons (Fsp3) is 0.462. The van der Waals surface area contributed by atoms with E-state index >= 15 is 0 Å². The fourth-order valence-electron chi connectivity index (χ4n) is 2.66. The maximum Gasteiger partial charge on any atom is 0.196 e. The maximum atomic E-state index is 5.90. The van der Waals surface area contributed by atoms with Gasteiger partial charge in [-0.1, -0.05) is 11.8 Å². The molecule has 7 heteroatoms. The molecule has 0 N–H and O–H groups in total. The van der Waals surface area contributed by atoms with Crippen molar-refractivity contribution in [2.45, 2.75) is 37.6 Å². The lowest BCUT2D eigenvalue weighted by Gasteiger charge is -2.30. The SMILES string of the molecule is CSc1nnc2c3c4c(sc3ncn12)COC(C)(C)C4. The topological polar surface area (TPSA) is 52.3 Å². The summed E-state index contributed by atoms with van der Waals surface area (Å²) in [5.41, 5.74) is 2.12. The van der Waals surface area contributed by atoms with Gasteiger partial charge in [-0.25, -0.2) is 4.98 Å². The number of hydrogen-bond acceptors (Lipinski definition) is 6. The van der Waals surface area contributed by atoms with Gasteiger partial charge in [0, 0.05) is 11.3 Å². The van der Waals surface area contributed by atoms with Crippen LogP contribution in [0.2, 0.25) is 0 Å². The number of hydrogen-bond donors (Lipinski definition) is 0. The number of ether oxygens (including phenoxy) is 1. The van der Waals surface area contributed by atoms with Crippen LogP contribution in [0.3, 0.4) is 0 Å². The van der Waals surface area contributed by atoms with E-state index < -0.39 is 0 Å². The largest absolute Gasteiger partial charge is 0.370 e. The highest BCUT2D eigenvalue weighted by atomic mass is 32.2. The Morgan fingerprint density at radius 1 is 1.40 bits per heavy atom. The van der Waals surface area contributed by atoms with Crippen molar-refractivity contribution >= 4 is 39.0 Å². The summed E-state index contributed by atoms with van der Waals surface area (Å²) in [7, 11) is 0. The van der Waals surface area contributed by atoms with Crippen molar-refractivity contribution in [2.75, 3.05) is 6.26 Å². The Hall–Kier alpha value is -1.18. The van der Waals surface area contributed by atoms with Gasteiger partial charge in [0.25, 0.3) is 0 Å².